The second kappa shape index (κ2) is 5.12. The molecule has 1 heterocycles. The van der Waals surface area contributed by atoms with E-state index in [1.54, 1.807) is 6.07 Å². The molecular formula is C12H16ClN3O2. The number of pyridine rings is 1. The largest absolute Gasteiger partial charge is 0.388 e. The quantitative estimate of drug-likeness (QED) is 0.736. The molecule has 1 aliphatic carbocycles. The van der Waals surface area contributed by atoms with E-state index in [-0.39, 0.29) is 12.6 Å². The van der Waals surface area contributed by atoms with Gasteiger partial charge in [0.15, 0.2) is 0 Å². The molecule has 3 N–H and O–H groups in total. The van der Waals surface area contributed by atoms with Crippen LogP contribution in [0.15, 0.2) is 12.3 Å². The number of hydrogen-bond donors (Lipinski definition) is 3. The van der Waals surface area contributed by atoms with Crippen LogP contribution in [0.25, 0.3) is 0 Å². The first kappa shape index (κ1) is 13.1. The van der Waals surface area contributed by atoms with E-state index in [2.05, 4.69) is 15.6 Å². The number of halogens is 1. The van der Waals surface area contributed by atoms with E-state index in [1.165, 1.54) is 6.20 Å². The second-order valence-electron chi connectivity index (χ2n) is 4.72. The van der Waals surface area contributed by atoms with Crippen molar-refractivity contribution in [1.82, 2.24) is 10.3 Å². The first-order valence-corrected chi connectivity index (χ1v) is 6.26. The van der Waals surface area contributed by atoms with Gasteiger partial charge in [0.2, 0.25) is 0 Å². The monoisotopic (exact) mass is 269 g/mol. The molecule has 0 radical (unpaired) electrons. The lowest BCUT2D eigenvalue weighted by atomic mass is 9.80. The summed E-state index contributed by atoms with van der Waals surface area (Å²) in [6.45, 7) is 2.09. The fraction of sp³-hybridized carbons (Fsp3) is 0.500. The minimum absolute atomic E-state index is 0.277. The molecule has 1 saturated carbocycles. The molecule has 0 spiro atoms. The second-order valence-corrected chi connectivity index (χ2v) is 5.08. The fourth-order valence-electron chi connectivity index (χ4n) is 1.81. The zero-order chi connectivity index (χ0) is 13.2. The molecule has 98 valence electrons. The summed E-state index contributed by atoms with van der Waals surface area (Å²) >= 11 is 5.79. The summed E-state index contributed by atoms with van der Waals surface area (Å²) < 4.78 is 0. The van der Waals surface area contributed by atoms with E-state index in [0.29, 0.717) is 10.8 Å². The van der Waals surface area contributed by atoms with Crippen molar-refractivity contribution in [2.45, 2.75) is 31.8 Å². The lowest BCUT2D eigenvalue weighted by molar-refractivity contribution is -0.0287. The van der Waals surface area contributed by atoms with Crippen LogP contribution in [0, 0.1) is 6.92 Å². The van der Waals surface area contributed by atoms with Crippen molar-refractivity contribution in [1.29, 1.82) is 0 Å². The van der Waals surface area contributed by atoms with Crippen LogP contribution < -0.4 is 10.6 Å². The number of anilines is 1. The van der Waals surface area contributed by atoms with Gasteiger partial charge in [-0.05, 0) is 37.8 Å². The maximum Gasteiger partial charge on any atom is 0.319 e. The number of nitrogens with one attached hydrogen (secondary N) is 2. The third-order valence-corrected chi connectivity index (χ3v) is 3.53. The Hall–Kier alpha value is -1.33. The molecule has 0 aliphatic heterocycles. The van der Waals surface area contributed by atoms with E-state index in [4.69, 9.17) is 11.6 Å². The van der Waals surface area contributed by atoms with Crippen LogP contribution in [0.3, 0.4) is 0 Å². The topological polar surface area (TPSA) is 74.2 Å². The summed E-state index contributed by atoms with van der Waals surface area (Å²) in [6.07, 6.45) is 4.00. The third-order valence-electron chi connectivity index (χ3n) is 3.13. The molecule has 1 aromatic rings. The molecule has 6 heteroatoms. The smallest absolute Gasteiger partial charge is 0.319 e. The maximum absolute atomic E-state index is 11.6. The molecule has 5 nitrogen and oxygen atoms in total. The summed E-state index contributed by atoms with van der Waals surface area (Å²) in [6, 6.07) is 1.39. The summed E-state index contributed by atoms with van der Waals surface area (Å²) in [4.78, 5) is 15.5. The number of nitrogens with zero attached hydrogens (tertiary/aromatic N) is 1. The Labute approximate surface area is 111 Å². The summed E-state index contributed by atoms with van der Waals surface area (Å²) in [7, 11) is 0. The van der Waals surface area contributed by atoms with Gasteiger partial charge in [-0.2, -0.15) is 0 Å². The molecule has 0 atom stereocenters. The first-order valence-electron chi connectivity index (χ1n) is 5.88. The Morgan fingerprint density at radius 1 is 1.61 bits per heavy atom. The number of aryl methyl sites for hydroxylation is 1. The predicted molar refractivity (Wildman–Crippen MR) is 69.8 cm³/mol. The SMILES string of the molecule is Cc1cc(NC(=O)NCC2(O)CCC2)cnc1Cl. The molecule has 2 amide bonds. The lowest BCUT2D eigenvalue weighted by Crippen LogP contribution is -2.48. The normalized spacial score (nSPS) is 16.8. The van der Waals surface area contributed by atoms with Crippen molar-refractivity contribution in [2.24, 2.45) is 0 Å². The van der Waals surface area contributed by atoms with Crippen LogP contribution in [-0.4, -0.2) is 28.3 Å². The Kier molecular flexibility index (Phi) is 3.73. The van der Waals surface area contributed by atoms with E-state index in [1.807, 2.05) is 6.92 Å². The van der Waals surface area contributed by atoms with E-state index >= 15 is 0 Å². The van der Waals surface area contributed by atoms with Crippen molar-refractivity contribution in [3.63, 3.8) is 0 Å². The fourth-order valence-corrected chi connectivity index (χ4v) is 1.91. The van der Waals surface area contributed by atoms with Crippen molar-refractivity contribution in [3.8, 4) is 0 Å². The van der Waals surface area contributed by atoms with Crippen LogP contribution >= 0.6 is 11.6 Å². The van der Waals surface area contributed by atoms with Gasteiger partial charge in [-0.1, -0.05) is 11.6 Å². The number of aliphatic hydroxyl groups is 1. The van der Waals surface area contributed by atoms with Crippen LogP contribution in [0.2, 0.25) is 5.15 Å². The van der Waals surface area contributed by atoms with Gasteiger partial charge < -0.3 is 15.7 Å². The molecule has 0 saturated heterocycles. The van der Waals surface area contributed by atoms with E-state index in [0.717, 1.165) is 24.8 Å². The van der Waals surface area contributed by atoms with Crippen molar-refractivity contribution in [3.05, 3.63) is 23.0 Å². The molecule has 2 rings (SSSR count). The summed E-state index contributed by atoms with van der Waals surface area (Å²) in [5.41, 5.74) is 0.660. The van der Waals surface area contributed by atoms with Crippen LogP contribution in [0.1, 0.15) is 24.8 Å². The Bertz CT molecular complexity index is 461. The van der Waals surface area contributed by atoms with Crippen molar-refractivity contribution in [2.75, 3.05) is 11.9 Å². The van der Waals surface area contributed by atoms with Crippen LogP contribution in [0.4, 0.5) is 10.5 Å². The number of carbonyl (C=O) groups is 1. The highest BCUT2D eigenvalue weighted by Gasteiger charge is 2.34. The number of urea groups is 1. The lowest BCUT2D eigenvalue weighted by Gasteiger charge is -2.36. The van der Waals surface area contributed by atoms with Gasteiger partial charge >= 0.3 is 6.03 Å². The number of aromatic nitrogens is 1. The predicted octanol–water partition coefficient (Wildman–Crippen LogP) is 2.08. The highest BCUT2D eigenvalue weighted by Crippen LogP contribution is 2.30. The zero-order valence-electron chi connectivity index (χ0n) is 10.2. The molecule has 0 bridgehead atoms. The van der Waals surface area contributed by atoms with Crippen molar-refractivity contribution < 1.29 is 9.90 Å². The average molecular weight is 270 g/mol. The molecule has 1 aliphatic rings. The number of rotatable bonds is 3. The molecule has 0 aromatic carbocycles. The molecule has 0 unspecified atom stereocenters. The maximum atomic E-state index is 11.6. The minimum atomic E-state index is -0.717. The summed E-state index contributed by atoms with van der Waals surface area (Å²) in [5, 5.41) is 15.5. The Morgan fingerprint density at radius 2 is 2.33 bits per heavy atom. The summed E-state index contributed by atoms with van der Waals surface area (Å²) in [5.74, 6) is 0. The Balaban J connectivity index is 1.85. The van der Waals surface area contributed by atoms with Crippen molar-refractivity contribution >= 4 is 23.3 Å². The van der Waals surface area contributed by atoms with Gasteiger partial charge in [-0.25, -0.2) is 9.78 Å². The minimum Gasteiger partial charge on any atom is -0.388 e. The Morgan fingerprint density at radius 3 is 2.89 bits per heavy atom. The van der Waals surface area contributed by atoms with E-state index in [9.17, 15) is 9.90 Å². The van der Waals surface area contributed by atoms with Gasteiger partial charge in [0.1, 0.15) is 5.15 Å². The first-order chi connectivity index (χ1) is 8.48. The standard InChI is InChI=1S/C12H16ClN3O2/c1-8-5-9(6-14-10(8)13)16-11(17)15-7-12(18)3-2-4-12/h5-6,18H,2-4,7H2,1H3,(H2,15,16,17). The average Bonchev–Trinajstić information content (AvgIpc) is 2.29. The zero-order valence-corrected chi connectivity index (χ0v) is 10.9. The molecule has 18 heavy (non-hydrogen) atoms. The molecule has 1 fully saturated rings. The van der Waals surface area contributed by atoms with Gasteiger partial charge in [0, 0.05) is 6.54 Å². The van der Waals surface area contributed by atoms with E-state index < -0.39 is 5.60 Å². The molecular weight excluding hydrogens is 254 g/mol. The molecule has 1 aromatic heterocycles. The highest BCUT2D eigenvalue weighted by molar-refractivity contribution is 6.30. The van der Waals surface area contributed by atoms with Crippen LogP contribution in [-0.2, 0) is 0 Å². The van der Waals surface area contributed by atoms with Gasteiger partial charge in [0.25, 0.3) is 0 Å². The number of amides is 2. The highest BCUT2D eigenvalue weighted by atomic mass is 35.5. The number of hydrogen-bond acceptors (Lipinski definition) is 3. The van der Waals surface area contributed by atoms with Gasteiger partial charge in [-0.3, -0.25) is 0 Å². The van der Waals surface area contributed by atoms with Gasteiger partial charge in [0.05, 0.1) is 17.5 Å². The third kappa shape index (κ3) is 3.11. The van der Waals surface area contributed by atoms with Gasteiger partial charge in [-0.15, -0.1) is 0 Å². The number of carbonyl (C=O) groups excluding carboxylic acids is 1. The van der Waals surface area contributed by atoms with Crippen LogP contribution in [0.5, 0.6) is 0 Å².